The van der Waals surface area contributed by atoms with Crippen molar-refractivity contribution in [1.82, 2.24) is 9.55 Å². The van der Waals surface area contributed by atoms with E-state index >= 15 is 0 Å². The van der Waals surface area contributed by atoms with Crippen LogP contribution in [0.4, 0.5) is 11.4 Å². The molecule has 0 spiro atoms. The van der Waals surface area contributed by atoms with Crippen LogP contribution >= 0.6 is 0 Å². The minimum Gasteiger partial charge on any atom is -0.356 e. The van der Waals surface area contributed by atoms with E-state index in [1.807, 2.05) is 24.4 Å². The number of benzene rings is 5. The van der Waals surface area contributed by atoms with E-state index in [1.165, 1.54) is 27.6 Å². The molecule has 7 rings (SSSR count). The topological polar surface area (TPSA) is 29.9 Å². The average Bonchev–Trinajstić information content (AvgIpc) is 3.33. The molecule has 180 valence electrons. The first-order chi connectivity index (χ1) is 18.8. The summed E-state index contributed by atoms with van der Waals surface area (Å²) in [7, 11) is 0. The van der Waals surface area contributed by atoms with E-state index in [0.29, 0.717) is 0 Å². The maximum Gasteiger partial charge on any atom is 0.145 e. The van der Waals surface area contributed by atoms with Gasteiger partial charge in [-0.1, -0.05) is 78.9 Å². The van der Waals surface area contributed by atoms with E-state index in [1.54, 1.807) is 0 Å². The van der Waals surface area contributed by atoms with Crippen molar-refractivity contribution in [3.05, 3.63) is 146 Å². The molecule has 0 saturated carbocycles. The van der Waals surface area contributed by atoms with Gasteiger partial charge in [0, 0.05) is 34.0 Å². The molecular weight excluding hydrogens is 462 g/mol. The lowest BCUT2D eigenvalue weighted by Gasteiger charge is -2.10. The van der Waals surface area contributed by atoms with Crippen LogP contribution in [0.25, 0.3) is 49.9 Å². The highest BCUT2D eigenvalue weighted by Crippen LogP contribution is 2.34. The smallest absolute Gasteiger partial charge is 0.145 e. The summed E-state index contributed by atoms with van der Waals surface area (Å²) in [5, 5.41) is 5.89. The third-order valence-corrected chi connectivity index (χ3v) is 7.04. The van der Waals surface area contributed by atoms with Crippen molar-refractivity contribution >= 4 is 33.3 Å². The molecule has 0 atom stereocenters. The fraction of sp³-hybridized carbons (Fsp3) is 0. The standard InChI is InChI=1S/C35H25N3/c1-3-8-25(9-4-1)26-13-18-29(19-14-26)37-30-20-15-27(16-21-30)28-17-22-34-33(24-28)32-12-7-23-36-35(32)38(34)31-10-5-2-6-11-31/h1-24,37H. The van der Waals surface area contributed by atoms with Crippen molar-refractivity contribution in [2.45, 2.75) is 0 Å². The molecule has 0 aliphatic carbocycles. The third kappa shape index (κ3) is 4.00. The molecule has 38 heavy (non-hydrogen) atoms. The van der Waals surface area contributed by atoms with Crippen LogP contribution in [0.15, 0.2) is 146 Å². The van der Waals surface area contributed by atoms with E-state index < -0.39 is 0 Å². The molecule has 7 aromatic rings. The Labute approximate surface area is 221 Å². The molecule has 0 aliphatic heterocycles. The molecule has 0 unspecified atom stereocenters. The zero-order valence-corrected chi connectivity index (χ0v) is 20.8. The Kier molecular flexibility index (Phi) is 5.45. The Balaban J connectivity index is 1.18. The lowest BCUT2D eigenvalue weighted by molar-refractivity contribution is 1.14. The summed E-state index contributed by atoms with van der Waals surface area (Å²) < 4.78 is 2.24. The van der Waals surface area contributed by atoms with Crippen LogP contribution in [-0.4, -0.2) is 9.55 Å². The molecule has 0 radical (unpaired) electrons. The van der Waals surface area contributed by atoms with Gasteiger partial charge in [0.25, 0.3) is 0 Å². The van der Waals surface area contributed by atoms with E-state index in [9.17, 15) is 0 Å². The minimum atomic E-state index is 0.976. The maximum absolute atomic E-state index is 4.73. The summed E-state index contributed by atoms with van der Waals surface area (Å²) in [5.74, 6) is 0. The fourth-order valence-corrected chi connectivity index (χ4v) is 5.15. The first kappa shape index (κ1) is 22.1. The van der Waals surface area contributed by atoms with Crippen LogP contribution < -0.4 is 5.32 Å². The van der Waals surface area contributed by atoms with Gasteiger partial charge in [-0.05, 0) is 82.9 Å². The van der Waals surface area contributed by atoms with Crippen molar-refractivity contribution in [1.29, 1.82) is 0 Å². The van der Waals surface area contributed by atoms with E-state index in [2.05, 4.69) is 131 Å². The maximum atomic E-state index is 4.73. The zero-order chi connectivity index (χ0) is 25.3. The second-order valence-corrected chi connectivity index (χ2v) is 9.42. The lowest BCUT2D eigenvalue weighted by atomic mass is 10.0. The van der Waals surface area contributed by atoms with Crippen molar-refractivity contribution in [3.63, 3.8) is 0 Å². The molecule has 0 fully saturated rings. The second kappa shape index (κ2) is 9.38. The highest BCUT2D eigenvalue weighted by molar-refractivity contribution is 6.09. The number of anilines is 2. The lowest BCUT2D eigenvalue weighted by Crippen LogP contribution is -1.94. The molecular formula is C35H25N3. The van der Waals surface area contributed by atoms with Gasteiger partial charge in [-0.15, -0.1) is 0 Å². The minimum absolute atomic E-state index is 0.976. The van der Waals surface area contributed by atoms with Crippen LogP contribution in [0.2, 0.25) is 0 Å². The van der Waals surface area contributed by atoms with Crippen molar-refractivity contribution in [3.8, 4) is 27.9 Å². The van der Waals surface area contributed by atoms with E-state index in [4.69, 9.17) is 4.98 Å². The average molecular weight is 488 g/mol. The zero-order valence-electron chi connectivity index (χ0n) is 20.8. The van der Waals surface area contributed by atoms with Crippen molar-refractivity contribution in [2.24, 2.45) is 0 Å². The Bertz CT molecular complexity index is 1850. The highest BCUT2D eigenvalue weighted by atomic mass is 15.0. The number of para-hydroxylation sites is 1. The van der Waals surface area contributed by atoms with Gasteiger partial charge in [0.05, 0.1) is 5.52 Å². The van der Waals surface area contributed by atoms with E-state index in [0.717, 1.165) is 33.6 Å². The SMILES string of the molecule is c1ccc(-c2ccc(Nc3ccc(-c4ccc5c(c4)c4cccnc4n5-c4ccccc4)cc3)cc2)cc1. The van der Waals surface area contributed by atoms with Gasteiger partial charge >= 0.3 is 0 Å². The number of nitrogens with one attached hydrogen (secondary N) is 1. The van der Waals surface area contributed by atoms with Gasteiger partial charge in [0.15, 0.2) is 0 Å². The molecule has 3 heteroatoms. The number of aromatic nitrogens is 2. The summed E-state index contributed by atoms with van der Waals surface area (Å²) >= 11 is 0. The normalized spacial score (nSPS) is 11.2. The molecule has 3 nitrogen and oxygen atoms in total. The number of fused-ring (bicyclic) bond motifs is 3. The van der Waals surface area contributed by atoms with Gasteiger partial charge < -0.3 is 5.32 Å². The Morgan fingerprint density at radius 3 is 1.74 bits per heavy atom. The molecule has 0 amide bonds. The predicted octanol–water partition coefficient (Wildman–Crippen LogP) is 9.26. The van der Waals surface area contributed by atoms with Gasteiger partial charge in [0.1, 0.15) is 5.65 Å². The summed E-state index contributed by atoms with van der Waals surface area (Å²) in [6.45, 7) is 0. The molecule has 0 bridgehead atoms. The van der Waals surface area contributed by atoms with Crippen molar-refractivity contribution in [2.75, 3.05) is 5.32 Å². The number of nitrogens with zero attached hydrogens (tertiary/aromatic N) is 2. The first-order valence-corrected chi connectivity index (χ1v) is 12.8. The van der Waals surface area contributed by atoms with Gasteiger partial charge in [-0.25, -0.2) is 4.98 Å². The molecule has 1 N–H and O–H groups in total. The van der Waals surface area contributed by atoms with Gasteiger partial charge in [0.2, 0.25) is 0 Å². The highest BCUT2D eigenvalue weighted by Gasteiger charge is 2.14. The quantitative estimate of drug-likeness (QED) is 0.262. The number of hydrogen-bond donors (Lipinski definition) is 1. The molecule has 0 saturated heterocycles. The van der Waals surface area contributed by atoms with Gasteiger partial charge in [-0.3, -0.25) is 4.57 Å². The number of rotatable bonds is 5. The van der Waals surface area contributed by atoms with Crippen LogP contribution in [-0.2, 0) is 0 Å². The predicted molar refractivity (Wildman–Crippen MR) is 159 cm³/mol. The Hall–Kier alpha value is -5.15. The Morgan fingerprint density at radius 2 is 1.05 bits per heavy atom. The molecule has 0 aliphatic rings. The van der Waals surface area contributed by atoms with Crippen LogP contribution in [0, 0.1) is 0 Å². The van der Waals surface area contributed by atoms with E-state index in [-0.39, 0.29) is 0 Å². The van der Waals surface area contributed by atoms with Crippen LogP contribution in [0.1, 0.15) is 0 Å². The summed E-state index contributed by atoms with van der Waals surface area (Å²) in [6.07, 6.45) is 1.86. The fourth-order valence-electron chi connectivity index (χ4n) is 5.15. The van der Waals surface area contributed by atoms with Crippen LogP contribution in [0.3, 0.4) is 0 Å². The molecule has 2 heterocycles. The monoisotopic (exact) mass is 487 g/mol. The summed E-state index contributed by atoms with van der Waals surface area (Å²) in [6, 6.07) is 48.9. The number of pyridine rings is 1. The summed E-state index contributed by atoms with van der Waals surface area (Å²) in [5.41, 5.74) is 10.2. The number of hydrogen-bond acceptors (Lipinski definition) is 2. The molecule has 5 aromatic carbocycles. The molecule has 2 aromatic heterocycles. The second-order valence-electron chi connectivity index (χ2n) is 9.42. The largest absolute Gasteiger partial charge is 0.356 e. The Morgan fingerprint density at radius 1 is 0.474 bits per heavy atom. The van der Waals surface area contributed by atoms with Crippen molar-refractivity contribution < 1.29 is 0 Å². The van der Waals surface area contributed by atoms with Crippen LogP contribution in [0.5, 0.6) is 0 Å². The van der Waals surface area contributed by atoms with Gasteiger partial charge in [-0.2, -0.15) is 0 Å². The summed E-state index contributed by atoms with van der Waals surface area (Å²) in [4.78, 5) is 4.73. The third-order valence-electron chi connectivity index (χ3n) is 7.04. The first-order valence-electron chi connectivity index (χ1n) is 12.8.